The van der Waals surface area contributed by atoms with Gasteiger partial charge in [-0.3, -0.25) is 9.78 Å². The van der Waals surface area contributed by atoms with Crippen LogP contribution in [0.25, 0.3) is 0 Å². The van der Waals surface area contributed by atoms with Crippen LogP contribution in [0.15, 0.2) is 29.6 Å². The van der Waals surface area contributed by atoms with E-state index in [1.165, 1.54) is 12.4 Å². The van der Waals surface area contributed by atoms with Crippen LogP contribution in [0.1, 0.15) is 17.3 Å². The fourth-order valence-electron chi connectivity index (χ4n) is 0.925. The van der Waals surface area contributed by atoms with Crippen LogP contribution in [0.5, 0.6) is 0 Å². The summed E-state index contributed by atoms with van der Waals surface area (Å²) in [5.74, 6) is 4.60. The second-order valence-electron chi connectivity index (χ2n) is 2.43. The van der Waals surface area contributed by atoms with Crippen LogP contribution in [-0.4, -0.2) is 23.3 Å². The first-order valence-electron chi connectivity index (χ1n) is 4.15. The Bertz CT molecular complexity index is 335. The van der Waals surface area contributed by atoms with E-state index >= 15 is 0 Å². The molecule has 1 aromatic heterocycles. The monoisotopic (exact) mass is 193 g/mol. The summed E-state index contributed by atoms with van der Waals surface area (Å²) in [6, 6.07) is 3.15. The minimum absolute atomic E-state index is 0.0845. The smallest absolute Gasteiger partial charge is 0.279 e. The molecule has 2 N–H and O–H groups in total. The number of pyridine rings is 1. The number of ketones is 1. The van der Waals surface area contributed by atoms with Crippen molar-refractivity contribution in [1.82, 2.24) is 4.98 Å². The van der Waals surface area contributed by atoms with Gasteiger partial charge in [0, 0.05) is 18.0 Å². The standard InChI is InChI=1S/C9H11N3O2/c1-2-14-9(12-10)8(13)7-3-5-11-6-4-7/h3-6H,2,10H2,1H3. The van der Waals surface area contributed by atoms with E-state index in [9.17, 15) is 4.79 Å². The predicted octanol–water partition coefficient (Wildman–Crippen LogP) is 0.573. The van der Waals surface area contributed by atoms with Gasteiger partial charge in [0.15, 0.2) is 0 Å². The minimum Gasteiger partial charge on any atom is -0.474 e. The number of nitrogens with two attached hydrogens (primary N) is 1. The third-order valence-electron chi connectivity index (χ3n) is 1.54. The van der Waals surface area contributed by atoms with Gasteiger partial charge in [-0.05, 0) is 19.1 Å². The highest BCUT2D eigenvalue weighted by Crippen LogP contribution is 2.00. The third-order valence-corrected chi connectivity index (χ3v) is 1.54. The minimum atomic E-state index is -0.336. The molecule has 14 heavy (non-hydrogen) atoms. The number of carbonyl (C=O) groups is 1. The normalized spacial score (nSPS) is 11.1. The molecule has 0 aliphatic rings. The number of ether oxygens (including phenoxy) is 1. The molecular weight excluding hydrogens is 182 g/mol. The van der Waals surface area contributed by atoms with Crippen molar-refractivity contribution in [2.24, 2.45) is 10.9 Å². The van der Waals surface area contributed by atoms with Crippen molar-refractivity contribution >= 4 is 11.7 Å². The maximum absolute atomic E-state index is 11.6. The number of Topliss-reactive ketones (excluding diaryl/α,β-unsaturated/α-hetero) is 1. The van der Waals surface area contributed by atoms with Crippen molar-refractivity contribution in [2.45, 2.75) is 6.92 Å². The molecule has 1 heterocycles. The summed E-state index contributed by atoms with van der Waals surface area (Å²) >= 11 is 0. The van der Waals surface area contributed by atoms with Crippen LogP contribution in [0.4, 0.5) is 0 Å². The van der Waals surface area contributed by atoms with E-state index < -0.39 is 0 Å². The zero-order valence-corrected chi connectivity index (χ0v) is 7.80. The SMILES string of the molecule is CCOC(=NN)C(=O)c1ccncc1. The summed E-state index contributed by atoms with van der Waals surface area (Å²) in [7, 11) is 0. The van der Waals surface area contributed by atoms with Crippen molar-refractivity contribution < 1.29 is 9.53 Å². The molecule has 0 bridgehead atoms. The van der Waals surface area contributed by atoms with E-state index in [0.717, 1.165) is 0 Å². The molecule has 1 rings (SSSR count). The molecule has 0 atom stereocenters. The van der Waals surface area contributed by atoms with E-state index in [-0.39, 0.29) is 11.7 Å². The van der Waals surface area contributed by atoms with Gasteiger partial charge in [-0.15, -0.1) is 5.10 Å². The number of nitrogens with zero attached hydrogens (tertiary/aromatic N) is 2. The van der Waals surface area contributed by atoms with Gasteiger partial charge in [0.2, 0.25) is 5.78 Å². The first kappa shape index (κ1) is 10.2. The Morgan fingerprint density at radius 3 is 2.71 bits per heavy atom. The molecule has 0 radical (unpaired) electrons. The molecule has 0 aliphatic carbocycles. The topological polar surface area (TPSA) is 77.6 Å². The number of hydrazone groups is 1. The van der Waals surface area contributed by atoms with Crippen LogP contribution < -0.4 is 5.84 Å². The van der Waals surface area contributed by atoms with Crippen LogP contribution in [-0.2, 0) is 4.74 Å². The highest BCUT2D eigenvalue weighted by atomic mass is 16.5. The van der Waals surface area contributed by atoms with Crippen molar-refractivity contribution in [2.75, 3.05) is 6.61 Å². The maximum atomic E-state index is 11.6. The lowest BCUT2D eigenvalue weighted by atomic mass is 10.2. The molecule has 0 amide bonds. The van der Waals surface area contributed by atoms with E-state index in [1.54, 1.807) is 19.1 Å². The van der Waals surface area contributed by atoms with E-state index in [2.05, 4.69) is 10.1 Å². The Kier molecular flexibility index (Phi) is 3.60. The molecule has 1 aromatic rings. The van der Waals surface area contributed by atoms with Gasteiger partial charge < -0.3 is 10.6 Å². The highest BCUT2D eigenvalue weighted by Gasteiger charge is 2.14. The predicted molar refractivity (Wildman–Crippen MR) is 51.8 cm³/mol. The van der Waals surface area contributed by atoms with Crippen molar-refractivity contribution in [3.8, 4) is 0 Å². The molecular formula is C9H11N3O2. The van der Waals surface area contributed by atoms with Gasteiger partial charge >= 0.3 is 0 Å². The second kappa shape index (κ2) is 4.96. The van der Waals surface area contributed by atoms with Crippen molar-refractivity contribution in [3.05, 3.63) is 30.1 Å². The Morgan fingerprint density at radius 1 is 1.57 bits per heavy atom. The Labute approximate surface area is 81.6 Å². The number of hydrogen-bond donors (Lipinski definition) is 1. The average molecular weight is 193 g/mol. The molecule has 0 aliphatic heterocycles. The lowest BCUT2D eigenvalue weighted by molar-refractivity contribution is 0.103. The molecule has 0 saturated carbocycles. The van der Waals surface area contributed by atoms with Gasteiger partial charge in [0.05, 0.1) is 6.61 Å². The van der Waals surface area contributed by atoms with E-state index in [0.29, 0.717) is 12.2 Å². The molecule has 0 aromatic carbocycles. The molecule has 5 nitrogen and oxygen atoms in total. The van der Waals surface area contributed by atoms with Crippen LogP contribution in [0.3, 0.4) is 0 Å². The highest BCUT2D eigenvalue weighted by molar-refractivity contribution is 6.42. The molecule has 5 heteroatoms. The molecule has 74 valence electrons. The number of hydrogen-bond acceptors (Lipinski definition) is 5. The molecule has 0 saturated heterocycles. The van der Waals surface area contributed by atoms with Gasteiger partial charge in [-0.2, -0.15) is 0 Å². The first-order chi connectivity index (χ1) is 6.79. The quantitative estimate of drug-likeness (QED) is 0.250. The Balaban J connectivity index is 2.85. The van der Waals surface area contributed by atoms with Gasteiger partial charge in [0.25, 0.3) is 5.90 Å². The first-order valence-corrected chi connectivity index (χ1v) is 4.15. The zero-order chi connectivity index (χ0) is 10.4. The Hall–Kier alpha value is -1.91. The fourth-order valence-corrected chi connectivity index (χ4v) is 0.925. The summed E-state index contributed by atoms with van der Waals surface area (Å²) in [5.41, 5.74) is 0.456. The van der Waals surface area contributed by atoms with Gasteiger partial charge in [0.1, 0.15) is 0 Å². The van der Waals surface area contributed by atoms with Crippen LogP contribution in [0.2, 0.25) is 0 Å². The van der Waals surface area contributed by atoms with E-state index in [4.69, 9.17) is 10.6 Å². The second-order valence-corrected chi connectivity index (χ2v) is 2.43. The molecule has 0 unspecified atom stereocenters. The number of rotatable bonds is 3. The fraction of sp³-hybridized carbons (Fsp3) is 0.222. The molecule has 0 spiro atoms. The summed E-state index contributed by atoms with van der Waals surface area (Å²) in [6.45, 7) is 2.11. The lowest BCUT2D eigenvalue weighted by Gasteiger charge is -2.03. The van der Waals surface area contributed by atoms with Crippen LogP contribution in [0, 0.1) is 0 Å². The molecule has 0 fully saturated rings. The van der Waals surface area contributed by atoms with Crippen LogP contribution >= 0.6 is 0 Å². The summed E-state index contributed by atoms with van der Waals surface area (Å²) < 4.78 is 4.96. The average Bonchev–Trinajstić information content (AvgIpc) is 2.26. The third kappa shape index (κ3) is 2.29. The summed E-state index contributed by atoms with van der Waals surface area (Å²) in [6.07, 6.45) is 3.04. The maximum Gasteiger partial charge on any atom is 0.279 e. The summed E-state index contributed by atoms with van der Waals surface area (Å²) in [4.78, 5) is 15.4. The largest absolute Gasteiger partial charge is 0.474 e. The van der Waals surface area contributed by atoms with Crippen molar-refractivity contribution in [1.29, 1.82) is 0 Å². The lowest BCUT2D eigenvalue weighted by Crippen LogP contribution is -2.19. The number of carbonyl (C=O) groups excluding carboxylic acids is 1. The summed E-state index contributed by atoms with van der Waals surface area (Å²) in [5, 5.41) is 3.28. The van der Waals surface area contributed by atoms with Gasteiger partial charge in [-0.1, -0.05) is 0 Å². The Morgan fingerprint density at radius 2 is 2.21 bits per heavy atom. The van der Waals surface area contributed by atoms with Gasteiger partial charge in [-0.25, -0.2) is 0 Å². The zero-order valence-electron chi connectivity index (χ0n) is 7.80. The number of aromatic nitrogens is 1. The van der Waals surface area contributed by atoms with Crippen molar-refractivity contribution in [3.63, 3.8) is 0 Å². The van der Waals surface area contributed by atoms with E-state index in [1.807, 2.05) is 0 Å².